The van der Waals surface area contributed by atoms with Gasteiger partial charge in [-0.3, -0.25) is 14.2 Å². The SMILES string of the molecule is COCC(=O)NCCn1ncc2c(=O)n(Cc3ccc(C)cc3)cnc21. The first kappa shape index (κ1) is 17.8. The normalized spacial score (nSPS) is 11.0. The second-order valence-corrected chi connectivity index (χ2v) is 6.05. The van der Waals surface area contributed by atoms with Gasteiger partial charge >= 0.3 is 0 Å². The van der Waals surface area contributed by atoms with Crippen molar-refractivity contribution in [3.63, 3.8) is 0 Å². The van der Waals surface area contributed by atoms with Crippen molar-refractivity contribution in [1.29, 1.82) is 0 Å². The fourth-order valence-corrected chi connectivity index (χ4v) is 2.65. The largest absolute Gasteiger partial charge is 0.375 e. The zero-order valence-electron chi connectivity index (χ0n) is 14.8. The second kappa shape index (κ2) is 7.92. The number of hydrogen-bond donors (Lipinski definition) is 1. The number of amides is 1. The number of hydrogen-bond acceptors (Lipinski definition) is 5. The van der Waals surface area contributed by atoms with Crippen LogP contribution in [0.15, 0.2) is 41.6 Å². The number of nitrogens with zero attached hydrogens (tertiary/aromatic N) is 4. The summed E-state index contributed by atoms with van der Waals surface area (Å²) < 4.78 is 7.93. The Morgan fingerprint density at radius 3 is 2.77 bits per heavy atom. The van der Waals surface area contributed by atoms with Crippen LogP contribution in [0.3, 0.4) is 0 Å². The summed E-state index contributed by atoms with van der Waals surface area (Å²) in [5.74, 6) is -0.197. The number of carbonyl (C=O) groups is 1. The molecule has 8 nitrogen and oxygen atoms in total. The minimum atomic E-state index is -0.197. The molecule has 8 heteroatoms. The van der Waals surface area contributed by atoms with Gasteiger partial charge in [-0.2, -0.15) is 5.10 Å². The Kier molecular flexibility index (Phi) is 5.43. The average molecular weight is 355 g/mol. The summed E-state index contributed by atoms with van der Waals surface area (Å²) in [5, 5.41) is 7.39. The average Bonchev–Trinajstić information content (AvgIpc) is 3.03. The van der Waals surface area contributed by atoms with Crippen LogP contribution in [0, 0.1) is 6.92 Å². The Bertz CT molecular complexity index is 959. The molecule has 26 heavy (non-hydrogen) atoms. The van der Waals surface area contributed by atoms with Crippen LogP contribution in [-0.2, 0) is 22.6 Å². The molecular formula is C18H21N5O3. The van der Waals surface area contributed by atoms with Gasteiger partial charge in [0, 0.05) is 13.7 Å². The van der Waals surface area contributed by atoms with Crippen molar-refractivity contribution in [2.45, 2.75) is 20.0 Å². The molecule has 0 saturated heterocycles. The van der Waals surface area contributed by atoms with Crippen LogP contribution in [0.25, 0.3) is 11.0 Å². The summed E-state index contributed by atoms with van der Waals surface area (Å²) in [7, 11) is 1.46. The molecule has 0 unspecified atom stereocenters. The Morgan fingerprint density at radius 1 is 1.27 bits per heavy atom. The number of nitrogens with one attached hydrogen (secondary N) is 1. The first-order valence-corrected chi connectivity index (χ1v) is 8.30. The molecule has 0 aliphatic heterocycles. The van der Waals surface area contributed by atoms with Crippen molar-refractivity contribution >= 4 is 16.9 Å². The minimum Gasteiger partial charge on any atom is -0.375 e. The third-order valence-corrected chi connectivity index (χ3v) is 4.02. The van der Waals surface area contributed by atoms with E-state index in [9.17, 15) is 9.59 Å². The second-order valence-electron chi connectivity index (χ2n) is 6.05. The van der Waals surface area contributed by atoms with E-state index in [1.165, 1.54) is 25.2 Å². The molecule has 0 aliphatic carbocycles. The number of methoxy groups -OCH3 is 1. The smallest absolute Gasteiger partial charge is 0.264 e. The lowest BCUT2D eigenvalue weighted by molar-refractivity contribution is -0.124. The highest BCUT2D eigenvalue weighted by molar-refractivity contribution is 5.77. The van der Waals surface area contributed by atoms with E-state index in [-0.39, 0.29) is 18.1 Å². The Hall–Kier alpha value is -3.00. The minimum absolute atomic E-state index is 0.0157. The van der Waals surface area contributed by atoms with E-state index in [0.29, 0.717) is 30.7 Å². The van der Waals surface area contributed by atoms with Crippen molar-refractivity contribution < 1.29 is 9.53 Å². The van der Waals surface area contributed by atoms with Gasteiger partial charge in [-0.15, -0.1) is 0 Å². The fourth-order valence-electron chi connectivity index (χ4n) is 2.65. The molecular weight excluding hydrogens is 334 g/mol. The van der Waals surface area contributed by atoms with Gasteiger partial charge in [-0.05, 0) is 12.5 Å². The standard InChI is InChI=1S/C18H21N5O3/c1-13-3-5-14(6-4-13)10-22-12-20-17-15(18(22)25)9-21-23(17)8-7-19-16(24)11-26-2/h3-6,9,12H,7-8,10-11H2,1-2H3,(H,19,24). The van der Waals surface area contributed by atoms with E-state index in [0.717, 1.165) is 5.56 Å². The van der Waals surface area contributed by atoms with Gasteiger partial charge in [0.1, 0.15) is 18.3 Å². The number of aromatic nitrogens is 4. The summed E-state index contributed by atoms with van der Waals surface area (Å²) in [4.78, 5) is 28.4. The maximum absolute atomic E-state index is 12.7. The quantitative estimate of drug-likeness (QED) is 0.674. The lowest BCUT2D eigenvalue weighted by Gasteiger charge is -2.07. The van der Waals surface area contributed by atoms with E-state index in [2.05, 4.69) is 15.4 Å². The number of fused-ring (bicyclic) bond motifs is 1. The molecule has 2 heterocycles. The molecule has 0 spiro atoms. The molecule has 3 aromatic rings. The zero-order chi connectivity index (χ0) is 18.5. The lowest BCUT2D eigenvalue weighted by Crippen LogP contribution is -2.30. The van der Waals surface area contributed by atoms with Gasteiger partial charge in [-0.25, -0.2) is 9.67 Å². The monoisotopic (exact) mass is 355 g/mol. The number of aryl methyl sites for hydroxylation is 1. The van der Waals surface area contributed by atoms with Crippen molar-refractivity contribution in [3.05, 3.63) is 58.3 Å². The number of carbonyl (C=O) groups excluding carboxylic acids is 1. The first-order valence-electron chi connectivity index (χ1n) is 8.30. The summed E-state index contributed by atoms with van der Waals surface area (Å²) in [5.41, 5.74) is 2.59. The molecule has 3 rings (SSSR count). The van der Waals surface area contributed by atoms with Crippen molar-refractivity contribution in [3.8, 4) is 0 Å². The first-order chi connectivity index (χ1) is 12.6. The van der Waals surface area contributed by atoms with Gasteiger partial charge in [0.05, 0.1) is 19.3 Å². The van der Waals surface area contributed by atoms with Gasteiger partial charge in [0.2, 0.25) is 5.91 Å². The zero-order valence-corrected chi connectivity index (χ0v) is 14.8. The molecule has 0 bridgehead atoms. The number of benzene rings is 1. The maximum Gasteiger partial charge on any atom is 0.264 e. The highest BCUT2D eigenvalue weighted by Gasteiger charge is 2.10. The molecule has 136 valence electrons. The molecule has 0 atom stereocenters. The van der Waals surface area contributed by atoms with Crippen molar-refractivity contribution in [2.75, 3.05) is 20.3 Å². The number of ether oxygens (including phenoxy) is 1. The van der Waals surface area contributed by atoms with Gasteiger partial charge in [0.25, 0.3) is 5.56 Å². The molecule has 0 fully saturated rings. The summed E-state index contributed by atoms with van der Waals surface area (Å²) >= 11 is 0. The van der Waals surface area contributed by atoms with Gasteiger partial charge in [0.15, 0.2) is 5.65 Å². The molecule has 1 N–H and O–H groups in total. The summed E-state index contributed by atoms with van der Waals surface area (Å²) in [6, 6.07) is 8.03. The summed E-state index contributed by atoms with van der Waals surface area (Å²) in [6.45, 7) is 3.30. The predicted octanol–water partition coefficient (Wildman–Crippen LogP) is 0.712. The van der Waals surface area contributed by atoms with Crippen molar-refractivity contribution in [1.82, 2.24) is 24.6 Å². The highest BCUT2D eigenvalue weighted by atomic mass is 16.5. The lowest BCUT2D eigenvalue weighted by atomic mass is 10.1. The third-order valence-electron chi connectivity index (χ3n) is 4.02. The van der Waals surface area contributed by atoms with Crippen LogP contribution in [0.1, 0.15) is 11.1 Å². The van der Waals surface area contributed by atoms with E-state index < -0.39 is 0 Å². The van der Waals surface area contributed by atoms with E-state index in [1.54, 1.807) is 9.25 Å². The highest BCUT2D eigenvalue weighted by Crippen LogP contribution is 2.08. The molecule has 1 amide bonds. The van der Waals surface area contributed by atoms with Crippen LogP contribution >= 0.6 is 0 Å². The van der Waals surface area contributed by atoms with Gasteiger partial charge < -0.3 is 10.1 Å². The summed E-state index contributed by atoms with van der Waals surface area (Å²) in [6.07, 6.45) is 3.06. The van der Waals surface area contributed by atoms with E-state index >= 15 is 0 Å². The molecule has 0 radical (unpaired) electrons. The van der Waals surface area contributed by atoms with Gasteiger partial charge in [-0.1, -0.05) is 29.8 Å². The molecule has 2 aromatic heterocycles. The van der Waals surface area contributed by atoms with Crippen LogP contribution in [0.2, 0.25) is 0 Å². The van der Waals surface area contributed by atoms with Crippen molar-refractivity contribution in [2.24, 2.45) is 0 Å². The number of rotatable bonds is 7. The molecule has 0 aliphatic rings. The van der Waals surface area contributed by atoms with Crippen LogP contribution in [-0.4, -0.2) is 45.5 Å². The van der Waals surface area contributed by atoms with Crippen LogP contribution in [0.5, 0.6) is 0 Å². The third kappa shape index (κ3) is 3.97. The Balaban J connectivity index is 1.75. The predicted molar refractivity (Wildman–Crippen MR) is 97.0 cm³/mol. The topological polar surface area (TPSA) is 91.0 Å². The van der Waals surface area contributed by atoms with Crippen LogP contribution < -0.4 is 10.9 Å². The van der Waals surface area contributed by atoms with E-state index in [1.807, 2.05) is 31.2 Å². The maximum atomic E-state index is 12.7. The molecule has 0 saturated carbocycles. The van der Waals surface area contributed by atoms with E-state index in [4.69, 9.17) is 4.74 Å². The fraction of sp³-hybridized carbons (Fsp3) is 0.333. The Morgan fingerprint density at radius 2 is 2.04 bits per heavy atom. The molecule has 1 aromatic carbocycles. The van der Waals surface area contributed by atoms with Crippen LogP contribution in [0.4, 0.5) is 0 Å². The Labute approximate surface area is 150 Å².